The number of fused-ring (bicyclic) bond motifs is 1. The first-order valence-corrected chi connectivity index (χ1v) is 10.6. The molecule has 0 unspecified atom stereocenters. The van der Waals surface area contributed by atoms with Crippen LogP contribution in [-0.4, -0.2) is 16.0 Å². The topological polar surface area (TPSA) is 89.7 Å². The van der Waals surface area contributed by atoms with Gasteiger partial charge in [0.15, 0.2) is 0 Å². The number of aryl methyl sites for hydroxylation is 2. The third-order valence-electron chi connectivity index (χ3n) is 5.52. The fourth-order valence-corrected chi connectivity index (χ4v) is 3.77. The average Bonchev–Trinajstić information content (AvgIpc) is 2.81. The van der Waals surface area contributed by atoms with Crippen molar-refractivity contribution in [3.05, 3.63) is 106 Å². The zero-order chi connectivity index (χ0) is 23.4. The van der Waals surface area contributed by atoms with Crippen LogP contribution in [0.4, 0.5) is 5.69 Å². The molecule has 0 radical (unpaired) electrons. The van der Waals surface area contributed by atoms with Crippen LogP contribution in [-0.2, 0) is 17.8 Å². The fourth-order valence-electron chi connectivity index (χ4n) is 3.77. The van der Waals surface area contributed by atoms with E-state index >= 15 is 0 Å². The summed E-state index contributed by atoms with van der Waals surface area (Å²) in [7, 11) is 0. The first-order valence-electron chi connectivity index (χ1n) is 10.6. The number of nitro benzene ring substituents is 1. The average molecular weight is 441 g/mol. The first kappa shape index (κ1) is 22.0. The molecule has 0 bridgehead atoms. The van der Waals surface area contributed by atoms with Gasteiger partial charge in [0.1, 0.15) is 6.61 Å². The van der Waals surface area contributed by atoms with E-state index in [1.54, 1.807) is 6.07 Å². The van der Waals surface area contributed by atoms with Crippen molar-refractivity contribution in [2.45, 2.75) is 26.4 Å². The van der Waals surface area contributed by atoms with Gasteiger partial charge in [-0.05, 0) is 52.9 Å². The van der Waals surface area contributed by atoms with Crippen LogP contribution in [0.3, 0.4) is 0 Å². The summed E-state index contributed by atoms with van der Waals surface area (Å²) in [5, 5.41) is 23.1. The summed E-state index contributed by atoms with van der Waals surface area (Å²) in [4.78, 5) is 22.6. The van der Waals surface area contributed by atoms with Gasteiger partial charge < -0.3 is 9.84 Å². The number of nitro groups is 1. The third-order valence-corrected chi connectivity index (χ3v) is 5.52. The second kappa shape index (κ2) is 9.53. The van der Waals surface area contributed by atoms with Crippen molar-refractivity contribution in [3.8, 4) is 16.9 Å². The van der Waals surface area contributed by atoms with Gasteiger partial charge in [-0.15, -0.1) is 0 Å². The molecule has 0 fully saturated rings. The molecule has 6 heteroatoms. The maximum Gasteiger partial charge on any atom is 0.311 e. The Balaban J connectivity index is 1.82. The Bertz CT molecular complexity index is 1330. The molecule has 4 rings (SSSR count). The minimum atomic E-state index is -0.954. The number of hydrogen-bond donors (Lipinski definition) is 1. The molecule has 33 heavy (non-hydrogen) atoms. The molecule has 0 saturated carbocycles. The van der Waals surface area contributed by atoms with E-state index in [4.69, 9.17) is 9.84 Å². The summed E-state index contributed by atoms with van der Waals surface area (Å²) in [5.74, 6) is -0.778. The van der Waals surface area contributed by atoms with Crippen molar-refractivity contribution in [1.82, 2.24) is 0 Å². The largest absolute Gasteiger partial charge is 0.482 e. The molecule has 0 saturated heterocycles. The number of nitrogens with zero attached hydrogens (tertiary/aromatic N) is 1. The summed E-state index contributed by atoms with van der Waals surface area (Å²) in [6, 6.07) is 24.7. The minimum Gasteiger partial charge on any atom is -0.482 e. The minimum absolute atomic E-state index is 0.113. The fraction of sp³-hybridized carbons (Fsp3) is 0.148. The monoisotopic (exact) mass is 441 g/mol. The normalized spacial score (nSPS) is 10.8. The Hall–Kier alpha value is -4.19. The molecule has 0 amide bonds. The van der Waals surface area contributed by atoms with Gasteiger partial charge in [0.2, 0.25) is 5.75 Å². The SMILES string of the molecule is Cc1ccc(COc2c(-c3ccc4ccccc4c3)cc(CCC(=O)O)cc2[N+](=O)[O-])cc1. The summed E-state index contributed by atoms with van der Waals surface area (Å²) in [6.07, 6.45) is 0.0763. The van der Waals surface area contributed by atoms with Gasteiger partial charge in [0.05, 0.1) is 4.92 Å². The van der Waals surface area contributed by atoms with Crippen LogP contribution >= 0.6 is 0 Å². The van der Waals surface area contributed by atoms with Gasteiger partial charge in [-0.2, -0.15) is 0 Å². The second-order valence-electron chi connectivity index (χ2n) is 7.98. The van der Waals surface area contributed by atoms with Crippen LogP contribution in [0.2, 0.25) is 0 Å². The highest BCUT2D eigenvalue weighted by atomic mass is 16.6. The number of rotatable bonds is 8. The lowest BCUT2D eigenvalue weighted by Gasteiger charge is -2.15. The molecule has 0 spiro atoms. The molecular weight excluding hydrogens is 418 g/mol. The Kier molecular flexibility index (Phi) is 6.36. The lowest BCUT2D eigenvalue weighted by Crippen LogP contribution is -2.04. The van der Waals surface area contributed by atoms with Crippen LogP contribution < -0.4 is 4.74 Å². The predicted molar refractivity (Wildman–Crippen MR) is 128 cm³/mol. The van der Waals surface area contributed by atoms with Crippen molar-refractivity contribution in [3.63, 3.8) is 0 Å². The Morgan fingerprint density at radius 2 is 1.67 bits per heavy atom. The quantitative estimate of drug-likeness (QED) is 0.255. The van der Waals surface area contributed by atoms with Crippen LogP contribution in [0.25, 0.3) is 21.9 Å². The standard InChI is InChI=1S/C27H23NO5/c1-18-6-8-19(9-7-18)17-33-27-24(23-12-11-21-4-2-3-5-22(21)16-23)14-20(10-13-26(29)30)15-25(27)28(31)32/h2-9,11-12,14-16H,10,13,17H2,1H3,(H,29,30). The zero-order valence-electron chi connectivity index (χ0n) is 18.2. The summed E-state index contributed by atoms with van der Waals surface area (Å²) in [6.45, 7) is 2.17. The number of carboxylic acids is 1. The van der Waals surface area contributed by atoms with Crippen molar-refractivity contribution >= 4 is 22.4 Å². The molecule has 0 aliphatic heterocycles. The third kappa shape index (κ3) is 5.18. The van der Waals surface area contributed by atoms with E-state index in [1.807, 2.05) is 73.7 Å². The molecule has 0 atom stereocenters. The van der Waals surface area contributed by atoms with Crippen molar-refractivity contribution in [1.29, 1.82) is 0 Å². The molecule has 0 aromatic heterocycles. The lowest BCUT2D eigenvalue weighted by molar-refractivity contribution is -0.385. The number of hydrogen-bond acceptors (Lipinski definition) is 4. The van der Waals surface area contributed by atoms with Crippen LogP contribution in [0.1, 0.15) is 23.1 Å². The van der Waals surface area contributed by atoms with Crippen molar-refractivity contribution < 1.29 is 19.6 Å². The number of carboxylic acid groups (broad SMARTS) is 1. The first-order chi connectivity index (χ1) is 15.9. The number of benzene rings is 4. The van der Waals surface area contributed by atoms with Gasteiger partial charge in [0, 0.05) is 18.1 Å². The highest BCUT2D eigenvalue weighted by molar-refractivity contribution is 5.89. The molecule has 4 aromatic carbocycles. The summed E-state index contributed by atoms with van der Waals surface area (Å²) in [5.41, 5.74) is 3.76. The van der Waals surface area contributed by atoms with Crippen LogP contribution in [0.15, 0.2) is 78.9 Å². The van der Waals surface area contributed by atoms with Gasteiger partial charge >= 0.3 is 11.7 Å². The predicted octanol–water partition coefficient (Wildman–Crippen LogP) is 6.32. The molecule has 6 nitrogen and oxygen atoms in total. The van der Waals surface area contributed by atoms with E-state index in [-0.39, 0.29) is 30.9 Å². The maximum absolute atomic E-state index is 12.0. The highest BCUT2D eigenvalue weighted by Crippen LogP contribution is 2.41. The molecule has 0 heterocycles. The number of ether oxygens (including phenoxy) is 1. The van der Waals surface area contributed by atoms with Crippen LogP contribution in [0, 0.1) is 17.0 Å². The molecular formula is C27H23NO5. The smallest absolute Gasteiger partial charge is 0.311 e. The molecule has 1 N–H and O–H groups in total. The zero-order valence-corrected chi connectivity index (χ0v) is 18.2. The van der Waals surface area contributed by atoms with E-state index in [2.05, 4.69) is 0 Å². The van der Waals surface area contributed by atoms with E-state index in [1.165, 1.54) is 6.07 Å². The van der Waals surface area contributed by atoms with E-state index < -0.39 is 10.9 Å². The molecule has 4 aromatic rings. The van der Waals surface area contributed by atoms with Crippen molar-refractivity contribution in [2.24, 2.45) is 0 Å². The van der Waals surface area contributed by atoms with E-state index in [0.29, 0.717) is 11.1 Å². The van der Waals surface area contributed by atoms with Crippen LogP contribution in [0.5, 0.6) is 5.75 Å². The van der Waals surface area contributed by atoms with Gasteiger partial charge in [-0.1, -0.05) is 66.2 Å². The highest BCUT2D eigenvalue weighted by Gasteiger charge is 2.23. The second-order valence-corrected chi connectivity index (χ2v) is 7.98. The van der Waals surface area contributed by atoms with E-state index in [9.17, 15) is 14.9 Å². The molecule has 0 aliphatic carbocycles. The number of carbonyl (C=O) groups is 1. The summed E-state index contributed by atoms with van der Waals surface area (Å²) < 4.78 is 6.04. The van der Waals surface area contributed by atoms with E-state index in [0.717, 1.165) is 27.5 Å². The molecule has 166 valence electrons. The number of aliphatic carboxylic acids is 1. The Morgan fingerprint density at radius 1 is 0.939 bits per heavy atom. The van der Waals surface area contributed by atoms with Crippen molar-refractivity contribution in [2.75, 3.05) is 0 Å². The molecule has 0 aliphatic rings. The summed E-state index contributed by atoms with van der Waals surface area (Å²) >= 11 is 0. The van der Waals surface area contributed by atoms with Gasteiger partial charge in [0.25, 0.3) is 0 Å². The lowest BCUT2D eigenvalue weighted by atomic mass is 9.96. The maximum atomic E-state index is 12.0. The Labute approximate surface area is 191 Å². The van der Waals surface area contributed by atoms with Gasteiger partial charge in [-0.25, -0.2) is 0 Å². The Morgan fingerprint density at radius 3 is 2.36 bits per heavy atom. The van der Waals surface area contributed by atoms with Gasteiger partial charge in [-0.3, -0.25) is 14.9 Å².